The molecule has 0 radical (unpaired) electrons. The van der Waals surface area contributed by atoms with Gasteiger partial charge in [0.1, 0.15) is 11.9 Å². The van der Waals surface area contributed by atoms with Gasteiger partial charge in [-0.15, -0.1) is 11.3 Å². The van der Waals surface area contributed by atoms with Crippen LogP contribution in [0.3, 0.4) is 0 Å². The molecule has 0 aliphatic rings. The standard InChI is InChI=1S/C21H25N3O2S/c1-2-22-21(23-11-10-15-6-5-8-17(25)12-15)24-14-18(26)20-13-16-7-3-4-9-19(16)27-20/h3-9,12-13,18,25-26H,2,10-11,14H2,1H3,(H2,22,23,24). The number of rotatable bonds is 7. The largest absolute Gasteiger partial charge is 0.508 e. The lowest BCUT2D eigenvalue weighted by molar-refractivity contribution is 0.191. The normalized spacial score (nSPS) is 12.9. The van der Waals surface area contributed by atoms with E-state index in [-0.39, 0.29) is 5.75 Å². The van der Waals surface area contributed by atoms with Crippen LogP contribution in [0.15, 0.2) is 59.6 Å². The Bertz CT molecular complexity index is 874. The fourth-order valence-electron chi connectivity index (χ4n) is 2.81. The quantitative estimate of drug-likeness (QED) is 0.372. The zero-order valence-electron chi connectivity index (χ0n) is 15.4. The van der Waals surface area contributed by atoms with Crippen molar-refractivity contribution in [3.63, 3.8) is 0 Å². The monoisotopic (exact) mass is 383 g/mol. The molecular formula is C21H25N3O2S. The van der Waals surface area contributed by atoms with Crippen LogP contribution < -0.4 is 10.6 Å². The molecule has 3 rings (SSSR count). The highest BCUT2D eigenvalue weighted by Crippen LogP contribution is 2.29. The van der Waals surface area contributed by atoms with Crippen molar-refractivity contribution in [2.75, 3.05) is 19.6 Å². The van der Waals surface area contributed by atoms with Crippen LogP contribution in [0.5, 0.6) is 5.75 Å². The first-order chi connectivity index (χ1) is 13.2. The molecule has 0 bridgehead atoms. The van der Waals surface area contributed by atoms with Gasteiger partial charge in [-0.3, -0.25) is 4.99 Å². The number of phenols is 1. The van der Waals surface area contributed by atoms with E-state index in [4.69, 9.17) is 0 Å². The molecule has 0 aliphatic carbocycles. The van der Waals surface area contributed by atoms with E-state index in [2.05, 4.69) is 27.8 Å². The number of aliphatic imine (C=N–C) groups is 1. The predicted octanol–water partition coefficient (Wildman–Crippen LogP) is 3.44. The van der Waals surface area contributed by atoms with E-state index in [0.29, 0.717) is 19.0 Å². The molecule has 0 fully saturated rings. The van der Waals surface area contributed by atoms with Crippen molar-refractivity contribution < 1.29 is 10.2 Å². The predicted molar refractivity (Wildman–Crippen MR) is 113 cm³/mol. The van der Waals surface area contributed by atoms with Crippen molar-refractivity contribution in [2.45, 2.75) is 19.4 Å². The van der Waals surface area contributed by atoms with Gasteiger partial charge in [0, 0.05) is 22.7 Å². The number of phenolic OH excluding ortho intramolecular Hbond substituents is 1. The first-order valence-electron chi connectivity index (χ1n) is 9.12. The molecule has 27 heavy (non-hydrogen) atoms. The molecule has 1 atom stereocenters. The number of hydrogen-bond acceptors (Lipinski definition) is 4. The summed E-state index contributed by atoms with van der Waals surface area (Å²) in [6.45, 7) is 3.74. The van der Waals surface area contributed by atoms with E-state index in [0.717, 1.165) is 28.8 Å². The second kappa shape index (κ2) is 9.39. The average Bonchev–Trinajstić information content (AvgIpc) is 3.10. The fraction of sp³-hybridized carbons (Fsp3) is 0.286. The Labute approximate surface area is 163 Å². The first-order valence-corrected chi connectivity index (χ1v) is 9.94. The zero-order chi connectivity index (χ0) is 19.1. The number of nitrogens with zero attached hydrogens (tertiary/aromatic N) is 1. The maximum Gasteiger partial charge on any atom is 0.191 e. The fourth-order valence-corrected chi connectivity index (χ4v) is 3.86. The lowest BCUT2D eigenvalue weighted by atomic mass is 10.1. The highest BCUT2D eigenvalue weighted by Gasteiger charge is 2.11. The van der Waals surface area contributed by atoms with E-state index in [1.54, 1.807) is 23.5 Å². The number of nitrogens with one attached hydrogen (secondary N) is 2. The Balaban J connectivity index is 1.57. The van der Waals surface area contributed by atoms with Gasteiger partial charge in [-0.25, -0.2) is 0 Å². The van der Waals surface area contributed by atoms with Crippen LogP contribution in [-0.2, 0) is 6.42 Å². The number of aromatic hydroxyl groups is 1. The van der Waals surface area contributed by atoms with Crippen LogP contribution >= 0.6 is 11.3 Å². The molecule has 1 unspecified atom stereocenters. The van der Waals surface area contributed by atoms with Crippen LogP contribution in [-0.4, -0.2) is 35.8 Å². The van der Waals surface area contributed by atoms with Crippen molar-refractivity contribution in [3.8, 4) is 5.75 Å². The summed E-state index contributed by atoms with van der Waals surface area (Å²) in [6, 6.07) is 17.4. The molecule has 0 spiro atoms. The topological polar surface area (TPSA) is 76.9 Å². The minimum atomic E-state index is -0.621. The molecule has 0 saturated heterocycles. The third kappa shape index (κ3) is 5.45. The average molecular weight is 384 g/mol. The van der Waals surface area contributed by atoms with Gasteiger partial charge >= 0.3 is 0 Å². The van der Waals surface area contributed by atoms with Crippen molar-refractivity contribution >= 4 is 27.4 Å². The molecular weight excluding hydrogens is 358 g/mol. The van der Waals surface area contributed by atoms with E-state index < -0.39 is 6.10 Å². The Kier molecular flexibility index (Phi) is 6.68. The zero-order valence-corrected chi connectivity index (χ0v) is 16.2. The molecule has 2 aromatic carbocycles. The number of thiophene rings is 1. The summed E-state index contributed by atoms with van der Waals surface area (Å²) < 4.78 is 1.17. The van der Waals surface area contributed by atoms with Crippen LogP contribution in [0.4, 0.5) is 0 Å². The lowest BCUT2D eigenvalue weighted by Crippen LogP contribution is -2.38. The lowest BCUT2D eigenvalue weighted by Gasteiger charge is -2.12. The molecule has 0 amide bonds. The summed E-state index contributed by atoms with van der Waals surface area (Å²) in [4.78, 5) is 5.44. The molecule has 6 heteroatoms. The van der Waals surface area contributed by atoms with Crippen LogP contribution in [0.2, 0.25) is 0 Å². The van der Waals surface area contributed by atoms with E-state index in [9.17, 15) is 10.2 Å². The highest BCUT2D eigenvalue weighted by molar-refractivity contribution is 7.19. The highest BCUT2D eigenvalue weighted by atomic mass is 32.1. The van der Waals surface area contributed by atoms with E-state index in [1.165, 1.54) is 4.70 Å². The van der Waals surface area contributed by atoms with Gasteiger partial charge in [-0.2, -0.15) is 0 Å². The molecule has 0 saturated carbocycles. The molecule has 5 nitrogen and oxygen atoms in total. The number of aliphatic hydroxyl groups excluding tert-OH is 1. The van der Waals surface area contributed by atoms with Crippen molar-refractivity contribution in [1.29, 1.82) is 0 Å². The maximum absolute atomic E-state index is 10.5. The van der Waals surface area contributed by atoms with Gasteiger partial charge in [0.25, 0.3) is 0 Å². The van der Waals surface area contributed by atoms with Crippen LogP contribution in [0, 0.1) is 0 Å². The van der Waals surface area contributed by atoms with Crippen LogP contribution in [0.1, 0.15) is 23.5 Å². The van der Waals surface area contributed by atoms with Crippen molar-refractivity contribution in [1.82, 2.24) is 10.6 Å². The second-order valence-corrected chi connectivity index (χ2v) is 7.38. The third-order valence-electron chi connectivity index (χ3n) is 4.16. The Morgan fingerprint density at radius 3 is 2.74 bits per heavy atom. The molecule has 0 aliphatic heterocycles. The Morgan fingerprint density at radius 2 is 1.96 bits per heavy atom. The number of aliphatic hydroxyl groups is 1. The van der Waals surface area contributed by atoms with Gasteiger partial charge in [0.15, 0.2) is 5.96 Å². The smallest absolute Gasteiger partial charge is 0.191 e. The summed E-state index contributed by atoms with van der Waals surface area (Å²) in [7, 11) is 0. The summed E-state index contributed by atoms with van der Waals surface area (Å²) in [6.07, 6.45) is 0.154. The molecule has 1 heterocycles. The Hall–Kier alpha value is -2.57. The number of fused-ring (bicyclic) bond motifs is 1. The number of hydrogen-bond donors (Lipinski definition) is 4. The van der Waals surface area contributed by atoms with Gasteiger partial charge in [-0.05, 0) is 48.6 Å². The summed E-state index contributed by atoms with van der Waals surface area (Å²) in [5.41, 5.74) is 1.06. The number of benzene rings is 2. The SMILES string of the molecule is CCNC(=NCC(O)c1cc2ccccc2s1)NCCc1cccc(O)c1. The summed E-state index contributed by atoms with van der Waals surface area (Å²) in [5, 5.41) is 27.6. The molecule has 3 aromatic rings. The van der Waals surface area contributed by atoms with Gasteiger partial charge in [0.05, 0.1) is 6.54 Å². The van der Waals surface area contributed by atoms with E-state index >= 15 is 0 Å². The van der Waals surface area contributed by atoms with Gasteiger partial charge in [-0.1, -0.05) is 30.3 Å². The molecule has 4 N–H and O–H groups in total. The summed E-state index contributed by atoms with van der Waals surface area (Å²) >= 11 is 1.60. The first kappa shape index (κ1) is 19.2. The minimum absolute atomic E-state index is 0.277. The minimum Gasteiger partial charge on any atom is -0.508 e. The van der Waals surface area contributed by atoms with Crippen molar-refractivity contribution in [3.05, 3.63) is 65.0 Å². The summed E-state index contributed by atoms with van der Waals surface area (Å²) in [5.74, 6) is 0.956. The molecule has 1 aromatic heterocycles. The van der Waals surface area contributed by atoms with Crippen LogP contribution in [0.25, 0.3) is 10.1 Å². The maximum atomic E-state index is 10.5. The Morgan fingerprint density at radius 1 is 1.11 bits per heavy atom. The van der Waals surface area contributed by atoms with Gasteiger partial charge < -0.3 is 20.8 Å². The van der Waals surface area contributed by atoms with E-state index in [1.807, 2.05) is 37.3 Å². The third-order valence-corrected chi connectivity index (χ3v) is 5.37. The number of guanidine groups is 1. The second-order valence-electron chi connectivity index (χ2n) is 6.27. The molecule has 142 valence electrons. The van der Waals surface area contributed by atoms with Gasteiger partial charge in [0.2, 0.25) is 0 Å². The van der Waals surface area contributed by atoms with Crippen molar-refractivity contribution in [2.24, 2.45) is 4.99 Å².